The van der Waals surface area contributed by atoms with Gasteiger partial charge in [0.2, 0.25) is 5.91 Å². The summed E-state index contributed by atoms with van der Waals surface area (Å²) in [5.41, 5.74) is 2.46. The topological polar surface area (TPSA) is 54.7 Å². The molecule has 1 amide bonds. The molecule has 0 spiro atoms. The Kier molecular flexibility index (Phi) is 7.15. The van der Waals surface area contributed by atoms with Crippen LogP contribution >= 0.6 is 0 Å². The van der Waals surface area contributed by atoms with Crippen LogP contribution in [0.2, 0.25) is 0 Å². The van der Waals surface area contributed by atoms with E-state index in [1.54, 1.807) is 7.11 Å². The second kappa shape index (κ2) is 9.78. The van der Waals surface area contributed by atoms with E-state index >= 15 is 0 Å². The predicted molar refractivity (Wildman–Crippen MR) is 111 cm³/mol. The number of ether oxygens (including phenoxy) is 1. The van der Waals surface area contributed by atoms with Gasteiger partial charge in [0.25, 0.3) is 0 Å². The van der Waals surface area contributed by atoms with E-state index in [9.17, 15) is 4.79 Å². The fraction of sp³-hybridized carbons (Fsp3) is 0.522. The Morgan fingerprint density at radius 3 is 2.54 bits per heavy atom. The zero-order valence-electron chi connectivity index (χ0n) is 17.3. The summed E-state index contributed by atoms with van der Waals surface area (Å²) < 4.78 is 10.8. The first-order valence-corrected chi connectivity index (χ1v) is 10.2. The highest BCUT2D eigenvalue weighted by Crippen LogP contribution is 2.21. The van der Waals surface area contributed by atoms with Crippen molar-refractivity contribution in [1.82, 2.24) is 10.2 Å². The number of nitrogens with zero attached hydrogens (tertiary/aromatic N) is 1. The maximum Gasteiger partial charge on any atom is 0.220 e. The normalized spacial score (nSPS) is 15.5. The summed E-state index contributed by atoms with van der Waals surface area (Å²) in [4.78, 5) is 14.7. The van der Waals surface area contributed by atoms with Gasteiger partial charge in [-0.2, -0.15) is 0 Å². The van der Waals surface area contributed by atoms with Gasteiger partial charge in [0.15, 0.2) is 0 Å². The van der Waals surface area contributed by atoms with Gasteiger partial charge >= 0.3 is 0 Å². The molecule has 1 aromatic carbocycles. The van der Waals surface area contributed by atoms with Crippen LogP contribution in [-0.2, 0) is 17.8 Å². The van der Waals surface area contributed by atoms with Crippen molar-refractivity contribution in [2.45, 2.75) is 46.1 Å². The number of hydrogen-bond donors (Lipinski definition) is 1. The highest BCUT2D eigenvalue weighted by Gasteiger charge is 2.20. The SMILES string of the molecule is COc1ccc(CCC(=O)NCC2CCN(Cc3cc(C)oc3C)CC2)cc1. The van der Waals surface area contributed by atoms with E-state index in [4.69, 9.17) is 9.15 Å². The van der Waals surface area contributed by atoms with Crippen molar-refractivity contribution >= 4 is 5.91 Å². The first kappa shape index (κ1) is 20.5. The number of aryl methyl sites for hydroxylation is 3. The Morgan fingerprint density at radius 1 is 1.21 bits per heavy atom. The van der Waals surface area contributed by atoms with E-state index in [0.717, 1.165) is 68.3 Å². The van der Waals surface area contributed by atoms with Gasteiger partial charge in [-0.05, 0) is 75.9 Å². The number of amides is 1. The molecule has 1 aromatic heterocycles. The van der Waals surface area contributed by atoms with Gasteiger partial charge in [-0.3, -0.25) is 9.69 Å². The molecule has 0 saturated carbocycles. The summed E-state index contributed by atoms with van der Waals surface area (Å²) in [6.45, 7) is 7.95. The minimum atomic E-state index is 0.141. The molecule has 2 heterocycles. The molecule has 1 saturated heterocycles. The van der Waals surface area contributed by atoms with Crippen molar-refractivity contribution in [1.29, 1.82) is 0 Å². The summed E-state index contributed by atoms with van der Waals surface area (Å²) in [6.07, 6.45) is 3.56. The molecule has 3 rings (SSSR count). The minimum absolute atomic E-state index is 0.141. The zero-order chi connectivity index (χ0) is 19.9. The van der Waals surface area contributed by atoms with E-state index in [1.807, 2.05) is 38.1 Å². The minimum Gasteiger partial charge on any atom is -0.497 e. The van der Waals surface area contributed by atoms with Crippen LogP contribution in [0.4, 0.5) is 0 Å². The van der Waals surface area contributed by atoms with Crippen molar-refractivity contribution in [3.8, 4) is 5.75 Å². The Balaban J connectivity index is 1.33. The van der Waals surface area contributed by atoms with Crippen LogP contribution in [0.25, 0.3) is 0 Å². The maximum absolute atomic E-state index is 12.2. The Bertz CT molecular complexity index is 759. The molecule has 1 N–H and O–H groups in total. The summed E-state index contributed by atoms with van der Waals surface area (Å²) in [5.74, 6) is 3.58. The second-order valence-corrected chi connectivity index (χ2v) is 7.81. The van der Waals surface area contributed by atoms with E-state index in [0.29, 0.717) is 12.3 Å². The molecule has 28 heavy (non-hydrogen) atoms. The van der Waals surface area contributed by atoms with Crippen LogP contribution in [0.1, 0.15) is 41.9 Å². The molecular formula is C23H32N2O3. The lowest BCUT2D eigenvalue weighted by molar-refractivity contribution is -0.121. The molecule has 0 bridgehead atoms. The largest absolute Gasteiger partial charge is 0.497 e. The Hall–Kier alpha value is -2.27. The zero-order valence-corrected chi connectivity index (χ0v) is 17.3. The fourth-order valence-corrected chi connectivity index (χ4v) is 3.83. The number of benzene rings is 1. The van der Waals surface area contributed by atoms with E-state index in [1.165, 1.54) is 5.56 Å². The number of piperidine rings is 1. The molecule has 2 aromatic rings. The monoisotopic (exact) mass is 384 g/mol. The number of hydrogen-bond acceptors (Lipinski definition) is 4. The summed E-state index contributed by atoms with van der Waals surface area (Å²) >= 11 is 0. The van der Waals surface area contributed by atoms with Crippen molar-refractivity contribution in [3.63, 3.8) is 0 Å². The lowest BCUT2D eigenvalue weighted by atomic mass is 9.96. The van der Waals surface area contributed by atoms with Crippen molar-refractivity contribution in [2.24, 2.45) is 5.92 Å². The number of methoxy groups -OCH3 is 1. The number of likely N-dealkylation sites (tertiary alicyclic amines) is 1. The molecule has 5 heteroatoms. The summed E-state index contributed by atoms with van der Waals surface area (Å²) in [6, 6.07) is 10.1. The van der Waals surface area contributed by atoms with Crippen LogP contribution in [0, 0.1) is 19.8 Å². The highest BCUT2D eigenvalue weighted by atomic mass is 16.5. The molecule has 152 valence electrons. The van der Waals surface area contributed by atoms with E-state index in [2.05, 4.69) is 16.3 Å². The molecule has 1 aliphatic heterocycles. The predicted octanol–water partition coefficient (Wildman–Crippen LogP) is 3.87. The lowest BCUT2D eigenvalue weighted by Crippen LogP contribution is -2.38. The second-order valence-electron chi connectivity index (χ2n) is 7.81. The summed E-state index contributed by atoms with van der Waals surface area (Å²) in [7, 11) is 1.66. The molecule has 0 unspecified atom stereocenters. The van der Waals surface area contributed by atoms with E-state index in [-0.39, 0.29) is 5.91 Å². The quantitative estimate of drug-likeness (QED) is 0.751. The molecule has 0 atom stereocenters. The van der Waals surface area contributed by atoms with Crippen molar-refractivity contribution in [3.05, 3.63) is 53.0 Å². The Labute approximate surface area is 168 Å². The number of carbonyl (C=O) groups is 1. The van der Waals surface area contributed by atoms with Crippen LogP contribution in [0.3, 0.4) is 0 Å². The highest BCUT2D eigenvalue weighted by molar-refractivity contribution is 5.76. The standard InChI is InChI=1S/C23H32N2O3/c1-17-14-21(18(2)28-17)16-25-12-10-20(11-13-25)15-24-23(26)9-6-19-4-7-22(27-3)8-5-19/h4-5,7-8,14,20H,6,9-13,15-16H2,1-3H3,(H,24,26). The average molecular weight is 385 g/mol. The third-order valence-electron chi connectivity index (χ3n) is 5.63. The molecule has 1 fully saturated rings. The molecular weight excluding hydrogens is 352 g/mol. The summed E-state index contributed by atoms with van der Waals surface area (Å²) in [5, 5.41) is 3.13. The first-order valence-electron chi connectivity index (χ1n) is 10.2. The molecule has 1 aliphatic rings. The third kappa shape index (κ3) is 5.86. The number of nitrogens with one attached hydrogen (secondary N) is 1. The van der Waals surface area contributed by atoms with Gasteiger partial charge in [-0.15, -0.1) is 0 Å². The maximum atomic E-state index is 12.2. The van der Waals surface area contributed by atoms with Gasteiger partial charge in [0, 0.05) is 25.1 Å². The first-order chi connectivity index (χ1) is 13.5. The molecule has 0 aliphatic carbocycles. The van der Waals surface area contributed by atoms with Gasteiger partial charge in [-0.1, -0.05) is 12.1 Å². The van der Waals surface area contributed by atoms with Gasteiger partial charge in [0.1, 0.15) is 17.3 Å². The molecule has 5 nitrogen and oxygen atoms in total. The van der Waals surface area contributed by atoms with Gasteiger partial charge in [0.05, 0.1) is 7.11 Å². The Morgan fingerprint density at radius 2 is 1.93 bits per heavy atom. The molecule has 0 radical (unpaired) electrons. The van der Waals surface area contributed by atoms with E-state index < -0.39 is 0 Å². The number of carbonyl (C=O) groups excluding carboxylic acids is 1. The third-order valence-corrected chi connectivity index (χ3v) is 5.63. The van der Waals surface area contributed by atoms with Gasteiger partial charge < -0.3 is 14.5 Å². The number of rotatable bonds is 8. The van der Waals surface area contributed by atoms with Crippen LogP contribution < -0.4 is 10.1 Å². The van der Waals surface area contributed by atoms with Gasteiger partial charge in [-0.25, -0.2) is 0 Å². The average Bonchev–Trinajstić information content (AvgIpc) is 3.03. The van der Waals surface area contributed by atoms with Crippen molar-refractivity contribution < 1.29 is 13.9 Å². The van der Waals surface area contributed by atoms with Crippen molar-refractivity contribution in [2.75, 3.05) is 26.7 Å². The lowest BCUT2D eigenvalue weighted by Gasteiger charge is -2.31. The van der Waals surface area contributed by atoms with Crippen LogP contribution in [-0.4, -0.2) is 37.6 Å². The van der Waals surface area contributed by atoms with Crippen LogP contribution in [0.15, 0.2) is 34.7 Å². The smallest absolute Gasteiger partial charge is 0.220 e. The number of furan rings is 1. The van der Waals surface area contributed by atoms with Crippen LogP contribution in [0.5, 0.6) is 5.75 Å². The fourth-order valence-electron chi connectivity index (χ4n) is 3.83.